The fraction of sp³-hybridized carbons (Fsp3) is 0.381. The lowest BCUT2D eigenvalue weighted by Crippen LogP contribution is -2.33. The van der Waals surface area contributed by atoms with Gasteiger partial charge >= 0.3 is 5.97 Å². The minimum absolute atomic E-state index is 0.107. The molecule has 0 heterocycles. The summed E-state index contributed by atoms with van der Waals surface area (Å²) in [6.45, 7) is 6.92. The van der Waals surface area contributed by atoms with Crippen LogP contribution in [0.25, 0.3) is 0 Å². The topological polar surface area (TPSA) is 26.3 Å². The first-order valence-corrected chi connectivity index (χ1v) is 8.41. The van der Waals surface area contributed by atoms with Gasteiger partial charge in [-0.05, 0) is 43.0 Å². The van der Waals surface area contributed by atoms with Gasteiger partial charge in [-0.3, -0.25) is 0 Å². The molecule has 0 aliphatic rings. The lowest BCUT2D eigenvalue weighted by atomic mass is 9.73. The van der Waals surface area contributed by atoms with Crippen LogP contribution in [0.3, 0.4) is 0 Å². The molecule has 0 bridgehead atoms. The minimum Gasteiger partial charge on any atom is -0.461 e. The van der Waals surface area contributed by atoms with E-state index in [1.165, 1.54) is 11.1 Å². The molecule has 0 N–H and O–H groups in total. The van der Waals surface area contributed by atoms with Crippen LogP contribution in [-0.2, 0) is 10.2 Å². The molecule has 122 valence electrons. The second kappa shape index (κ2) is 7.96. The average molecular weight is 310 g/mol. The molecule has 2 rings (SSSR count). The summed E-state index contributed by atoms with van der Waals surface area (Å²) < 4.78 is 5.71. The first-order valence-electron chi connectivity index (χ1n) is 8.41. The van der Waals surface area contributed by atoms with Gasteiger partial charge in [0.1, 0.15) is 6.61 Å². The van der Waals surface area contributed by atoms with Gasteiger partial charge in [-0.1, -0.05) is 62.7 Å². The fourth-order valence-corrected chi connectivity index (χ4v) is 3.26. The van der Waals surface area contributed by atoms with Crippen LogP contribution >= 0.6 is 0 Å². The van der Waals surface area contributed by atoms with Crippen LogP contribution in [0.2, 0.25) is 0 Å². The van der Waals surface area contributed by atoms with E-state index in [-0.39, 0.29) is 11.4 Å². The van der Waals surface area contributed by atoms with Crippen molar-refractivity contribution in [3.05, 3.63) is 71.3 Å². The SMILES string of the molecule is CCC[C@@](CC)(COC(=O)c1ccccc1)c1ccccc1C. The molecule has 0 aromatic heterocycles. The molecule has 0 saturated carbocycles. The van der Waals surface area contributed by atoms with Crippen molar-refractivity contribution in [3.8, 4) is 0 Å². The molecular formula is C21H26O2. The van der Waals surface area contributed by atoms with E-state index in [1.54, 1.807) is 12.1 Å². The maximum atomic E-state index is 12.3. The molecule has 0 amide bonds. The number of carbonyl (C=O) groups is 1. The van der Waals surface area contributed by atoms with Crippen molar-refractivity contribution in [1.29, 1.82) is 0 Å². The Morgan fingerprint density at radius 1 is 1.00 bits per heavy atom. The Morgan fingerprint density at radius 3 is 2.26 bits per heavy atom. The Kier molecular flexibility index (Phi) is 5.97. The van der Waals surface area contributed by atoms with Crippen LogP contribution in [0.1, 0.15) is 54.6 Å². The molecule has 0 fully saturated rings. The van der Waals surface area contributed by atoms with Gasteiger partial charge in [0.05, 0.1) is 5.56 Å². The Labute approximate surface area is 139 Å². The Hall–Kier alpha value is -2.09. The van der Waals surface area contributed by atoms with Crippen molar-refractivity contribution >= 4 is 5.97 Å². The zero-order chi connectivity index (χ0) is 16.7. The van der Waals surface area contributed by atoms with E-state index in [2.05, 4.69) is 45.0 Å². The molecule has 23 heavy (non-hydrogen) atoms. The van der Waals surface area contributed by atoms with Gasteiger partial charge in [0.15, 0.2) is 0 Å². The van der Waals surface area contributed by atoms with Gasteiger partial charge in [-0.2, -0.15) is 0 Å². The quantitative estimate of drug-likeness (QED) is 0.649. The highest BCUT2D eigenvalue weighted by Crippen LogP contribution is 2.35. The van der Waals surface area contributed by atoms with Crippen molar-refractivity contribution in [2.75, 3.05) is 6.61 Å². The second-order valence-electron chi connectivity index (χ2n) is 6.14. The van der Waals surface area contributed by atoms with E-state index in [4.69, 9.17) is 4.74 Å². The van der Waals surface area contributed by atoms with Crippen molar-refractivity contribution in [2.24, 2.45) is 0 Å². The highest BCUT2D eigenvalue weighted by molar-refractivity contribution is 5.89. The summed E-state index contributed by atoms with van der Waals surface area (Å²) in [4.78, 5) is 12.3. The molecule has 2 heteroatoms. The van der Waals surface area contributed by atoms with E-state index in [0.717, 1.165) is 19.3 Å². The molecule has 0 unspecified atom stereocenters. The van der Waals surface area contributed by atoms with Crippen LogP contribution in [0, 0.1) is 6.92 Å². The number of hydrogen-bond donors (Lipinski definition) is 0. The molecule has 2 aromatic rings. The van der Waals surface area contributed by atoms with Crippen molar-refractivity contribution < 1.29 is 9.53 Å². The smallest absolute Gasteiger partial charge is 0.338 e. The number of ether oxygens (including phenoxy) is 1. The van der Waals surface area contributed by atoms with Crippen LogP contribution in [0.4, 0.5) is 0 Å². The molecule has 0 radical (unpaired) electrons. The van der Waals surface area contributed by atoms with Crippen molar-refractivity contribution in [3.63, 3.8) is 0 Å². The molecular weight excluding hydrogens is 284 g/mol. The van der Waals surface area contributed by atoms with Crippen LogP contribution < -0.4 is 0 Å². The normalized spacial score (nSPS) is 13.3. The third-order valence-corrected chi connectivity index (χ3v) is 4.61. The molecule has 0 aliphatic carbocycles. The molecule has 2 aromatic carbocycles. The number of esters is 1. The zero-order valence-electron chi connectivity index (χ0n) is 14.3. The second-order valence-corrected chi connectivity index (χ2v) is 6.14. The fourth-order valence-electron chi connectivity index (χ4n) is 3.26. The van der Waals surface area contributed by atoms with Gasteiger partial charge < -0.3 is 4.74 Å². The Morgan fingerprint density at radius 2 is 1.65 bits per heavy atom. The van der Waals surface area contributed by atoms with Crippen molar-refractivity contribution in [2.45, 2.75) is 45.4 Å². The van der Waals surface area contributed by atoms with E-state index >= 15 is 0 Å². The summed E-state index contributed by atoms with van der Waals surface area (Å²) in [6, 6.07) is 17.6. The lowest BCUT2D eigenvalue weighted by Gasteiger charge is -2.34. The maximum Gasteiger partial charge on any atom is 0.338 e. The lowest BCUT2D eigenvalue weighted by molar-refractivity contribution is 0.0381. The number of aryl methyl sites for hydroxylation is 1. The van der Waals surface area contributed by atoms with Gasteiger partial charge in [0.25, 0.3) is 0 Å². The monoisotopic (exact) mass is 310 g/mol. The zero-order valence-corrected chi connectivity index (χ0v) is 14.3. The van der Waals surface area contributed by atoms with Crippen LogP contribution in [0.5, 0.6) is 0 Å². The standard InChI is InChI=1S/C21H26O2/c1-4-15-21(5-2,19-14-10-9-11-17(19)3)16-23-20(22)18-12-7-6-8-13-18/h6-14H,4-5,15-16H2,1-3H3/t21-/m0/s1. The van der Waals surface area contributed by atoms with Crippen LogP contribution in [0.15, 0.2) is 54.6 Å². The summed E-state index contributed by atoms with van der Waals surface area (Å²) in [5.41, 5.74) is 3.06. The summed E-state index contributed by atoms with van der Waals surface area (Å²) in [5, 5.41) is 0. The van der Waals surface area contributed by atoms with E-state index < -0.39 is 0 Å². The molecule has 0 spiro atoms. The van der Waals surface area contributed by atoms with Gasteiger partial charge in [-0.15, -0.1) is 0 Å². The molecule has 1 atom stereocenters. The first kappa shape index (κ1) is 17.3. The van der Waals surface area contributed by atoms with Gasteiger partial charge in [-0.25, -0.2) is 4.79 Å². The summed E-state index contributed by atoms with van der Waals surface area (Å²) in [6.07, 6.45) is 3.02. The number of hydrogen-bond acceptors (Lipinski definition) is 2. The third-order valence-electron chi connectivity index (χ3n) is 4.61. The number of rotatable bonds is 7. The average Bonchev–Trinajstić information content (AvgIpc) is 2.60. The highest BCUT2D eigenvalue weighted by Gasteiger charge is 2.32. The largest absolute Gasteiger partial charge is 0.461 e. The third kappa shape index (κ3) is 4.01. The first-order chi connectivity index (χ1) is 11.1. The number of carbonyl (C=O) groups excluding carboxylic acids is 1. The predicted molar refractivity (Wildman–Crippen MR) is 94.8 cm³/mol. The summed E-state index contributed by atoms with van der Waals surface area (Å²) >= 11 is 0. The predicted octanol–water partition coefficient (Wildman–Crippen LogP) is 5.30. The number of benzene rings is 2. The van der Waals surface area contributed by atoms with Gasteiger partial charge in [0.2, 0.25) is 0 Å². The van der Waals surface area contributed by atoms with E-state index in [1.807, 2.05) is 18.2 Å². The van der Waals surface area contributed by atoms with E-state index in [9.17, 15) is 4.79 Å². The van der Waals surface area contributed by atoms with E-state index in [0.29, 0.717) is 12.2 Å². The maximum absolute atomic E-state index is 12.3. The van der Waals surface area contributed by atoms with Crippen molar-refractivity contribution in [1.82, 2.24) is 0 Å². The summed E-state index contributed by atoms with van der Waals surface area (Å²) in [7, 11) is 0. The summed E-state index contributed by atoms with van der Waals surface area (Å²) in [5.74, 6) is -0.242. The van der Waals surface area contributed by atoms with Crippen LogP contribution in [-0.4, -0.2) is 12.6 Å². The Balaban J connectivity index is 2.22. The molecule has 0 aliphatic heterocycles. The van der Waals surface area contributed by atoms with Gasteiger partial charge in [0, 0.05) is 5.41 Å². The highest BCUT2D eigenvalue weighted by atomic mass is 16.5. The minimum atomic E-state index is -0.242. The molecule has 0 saturated heterocycles. The molecule has 2 nitrogen and oxygen atoms in total. The Bertz CT molecular complexity index is 633.